The summed E-state index contributed by atoms with van der Waals surface area (Å²) in [5.41, 5.74) is 0.266. The summed E-state index contributed by atoms with van der Waals surface area (Å²) in [6.07, 6.45) is 1.15. The number of hydrogen-bond donors (Lipinski definition) is 2. The number of carboxylic acids is 1. The summed E-state index contributed by atoms with van der Waals surface area (Å²) in [6.45, 7) is 0.378. The van der Waals surface area contributed by atoms with Gasteiger partial charge in [0.05, 0.1) is 4.92 Å². The van der Waals surface area contributed by atoms with E-state index in [1.54, 1.807) is 0 Å². The molecule has 1 aromatic carbocycles. The number of nitro benzene ring substituents is 1. The lowest BCUT2D eigenvalue weighted by Gasteiger charge is -2.04. The highest BCUT2D eigenvalue weighted by atomic mass is 16.6. The third-order valence-corrected chi connectivity index (χ3v) is 2.44. The van der Waals surface area contributed by atoms with Crippen molar-refractivity contribution in [3.8, 4) is 0 Å². The van der Waals surface area contributed by atoms with E-state index in [4.69, 9.17) is 5.11 Å². The van der Waals surface area contributed by atoms with Crippen molar-refractivity contribution in [1.82, 2.24) is 5.32 Å². The van der Waals surface area contributed by atoms with Crippen LogP contribution in [-0.4, -0.2) is 28.5 Å². The maximum atomic E-state index is 11.6. The van der Waals surface area contributed by atoms with Gasteiger partial charge < -0.3 is 10.4 Å². The smallest absolute Gasteiger partial charge is 0.303 e. The van der Waals surface area contributed by atoms with Gasteiger partial charge in [0.1, 0.15) is 0 Å². The molecule has 0 aliphatic carbocycles. The van der Waals surface area contributed by atoms with Crippen LogP contribution in [0.25, 0.3) is 0 Å². The SMILES string of the molecule is O=C(O)CCCCNC(=O)c1ccc([N+](=O)[O-])cc1. The van der Waals surface area contributed by atoms with Crippen LogP contribution in [0, 0.1) is 10.1 Å². The van der Waals surface area contributed by atoms with Crippen molar-refractivity contribution in [3.05, 3.63) is 39.9 Å². The van der Waals surface area contributed by atoms with E-state index in [9.17, 15) is 19.7 Å². The number of benzene rings is 1. The van der Waals surface area contributed by atoms with Crippen LogP contribution in [0.4, 0.5) is 5.69 Å². The molecule has 0 aromatic heterocycles. The molecule has 0 saturated heterocycles. The Labute approximate surface area is 109 Å². The third-order valence-electron chi connectivity index (χ3n) is 2.44. The number of rotatable bonds is 7. The Hall–Kier alpha value is -2.44. The Balaban J connectivity index is 2.37. The summed E-state index contributed by atoms with van der Waals surface area (Å²) < 4.78 is 0. The summed E-state index contributed by atoms with van der Waals surface area (Å²) in [7, 11) is 0. The number of non-ortho nitro benzene ring substituents is 1. The Morgan fingerprint density at radius 3 is 2.37 bits per heavy atom. The van der Waals surface area contributed by atoms with E-state index in [1.165, 1.54) is 24.3 Å². The molecule has 0 atom stereocenters. The number of carbonyl (C=O) groups is 2. The van der Waals surface area contributed by atoms with Crippen molar-refractivity contribution in [2.45, 2.75) is 19.3 Å². The first-order valence-electron chi connectivity index (χ1n) is 5.75. The molecule has 7 nitrogen and oxygen atoms in total. The number of nitro groups is 1. The zero-order valence-corrected chi connectivity index (χ0v) is 10.2. The first-order chi connectivity index (χ1) is 9.00. The number of aliphatic carboxylic acids is 1. The molecule has 0 unspecified atom stereocenters. The number of carbonyl (C=O) groups excluding carboxylic acids is 1. The van der Waals surface area contributed by atoms with E-state index >= 15 is 0 Å². The van der Waals surface area contributed by atoms with Gasteiger partial charge in [-0.3, -0.25) is 19.7 Å². The van der Waals surface area contributed by atoms with Crippen molar-refractivity contribution in [2.24, 2.45) is 0 Å². The first kappa shape index (κ1) is 14.6. The molecule has 0 fully saturated rings. The maximum Gasteiger partial charge on any atom is 0.303 e. The minimum Gasteiger partial charge on any atom is -0.481 e. The fraction of sp³-hybridized carbons (Fsp3) is 0.333. The van der Waals surface area contributed by atoms with Crippen molar-refractivity contribution < 1.29 is 19.6 Å². The second-order valence-electron chi connectivity index (χ2n) is 3.91. The summed E-state index contributed by atoms with van der Waals surface area (Å²) in [6, 6.07) is 5.29. The van der Waals surface area contributed by atoms with E-state index in [0.29, 0.717) is 24.9 Å². The van der Waals surface area contributed by atoms with E-state index in [0.717, 1.165) is 0 Å². The average molecular weight is 266 g/mol. The molecule has 0 radical (unpaired) electrons. The predicted molar refractivity (Wildman–Crippen MR) is 66.9 cm³/mol. The Kier molecular flexibility index (Phi) is 5.46. The molecule has 19 heavy (non-hydrogen) atoms. The van der Waals surface area contributed by atoms with E-state index in [1.807, 2.05) is 0 Å². The van der Waals surface area contributed by atoms with Gasteiger partial charge in [-0.1, -0.05) is 0 Å². The molecule has 102 valence electrons. The quantitative estimate of drug-likeness (QED) is 0.442. The normalized spacial score (nSPS) is 9.89. The minimum atomic E-state index is -0.860. The van der Waals surface area contributed by atoms with Crippen molar-refractivity contribution >= 4 is 17.6 Å². The fourth-order valence-corrected chi connectivity index (χ4v) is 1.44. The van der Waals surface area contributed by atoms with Crippen molar-refractivity contribution in [3.63, 3.8) is 0 Å². The van der Waals surface area contributed by atoms with Gasteiger partial charge in [-0.05, 0) is 25.0 Å². The number of hydrogen-bond acceptors (Lipinski definition) is 4. The molecule has 7 heteroatoms. The molecular formula is C12H14N2O5. The van der Waals surface area contributed by atoms with Crippen LogP contribution >= 0.6 is 0 Å². The van der Waals surface area contributed by atoms with Crippen LogP contribution in [0.1, 0.15) is 29.6 Å². The molecule has 2 N–H and O–H groups in total. The lowest BCUT2D eigenvalue weighted by molar-refractivity contribution is -0.384. The van der Waals surface area contributed by atoms with Gasteiger partial charge in [-0.15, -0.1) is 0 Å². The Morgan fingerprint density at radius 1 is 1.21 bits per heavy atom. The number of amides is 1. The lowest BCUT2D eigenvalue weighted by Crippen LogP contribution is -2.24. The Morgan fingerprint density at radius 2 is 1.84 bits per heavy atom. The topological polar surface area (TPSA) is 110 Å². The highest BCUT2D eigenvalue weighted by Crippen LogP contribution is 2.11. The standard InChI is InChI=1S/C12H14N2O5/c15-11(16)3-1-2-8-13-12(17)9-4-6-10(7-5-9)14(18)19/h4-7H,1-3,8H2,(H,13,17)(H,15,16). The molecule has 0 spiro atoms. The van der Waals surface area contributed by atoms with E-state index in [2.05, 4.69) is 5.32 Å². The highest BCUT2D eigenvalue weighted by Gasteiger charge is 2.08. The molecule has 0 aliphatic heterocycles. The second kappa shape index (κ2) is 7.10. The number of unbranched alkanes of at least 4 members (excludes halogenated alkanes) is 1. The number of carboxylic acid groups (broad SMARTS) is 1. The summed E-state index contributed by atoms with van der Waals surface area (Å²) >= 11 is 0. The van der Waals surface area contributed by atoms with Gasteiger partial charge in [0, 0.05) is 30.7 Å². The molecule has 0 heterocycles. The van der Waals surface area contributed by atoms with Gasteiger partial charge in [-0.2, -0.15) is 0 Å². The summed E-state index contributed by atoms with van der Waals surface area (Å²) in [5, 5.41) is 21.5. The van der Waals surface area contributed by atoms with Gasteiger partial charge in [0.2, 0.25) is 0 Å². The molecule has 0 saturated carbocycles. The molecule has 0 aliphatic rings. The highest BCUT2D eigenvalue weighted by molar-refractivity contribution is 5.94. The monoisotopic (exact) mass is 266 g/mol. The third kappa shape index (κ3) is 5.15. The van der Waals surface area contributed by atoms with Gasteiger partial charge >= 0.3 is 5.97 Å². The predicted octanol–water partition coefficient (Wildman–Crippen LogP) is 1.58. The zero-order valence-electron chi connectivity index (χ0n) is 10.2. The van der Waals surface area contributed by atoms with Crippen LogP contribution in [-0.2, 0) is 4.79 Å². The van der Waals surface area contributed by atoms with Crippen LogP contribution in [0.15, 0.2) is 24.3 Å². The molecule has 1 aromatic rings. The zero-order chi connectivity index (χ0) is 14.3. The summed E-state index contributed by atoms with van der Waals surface area (Å²) in [4.78, 5) is 31.8. The summed E-state index contributed by atoms with van der Waals surface area (Å²) in [5.74, 6) is -1.19. The van der Waals surface area contributed by atoms with Crippen LogP contribution in [0.5, 0.6) is 0 Å². The van der Waals surface area contributed by atoms with Crippen LogP contribution in [0.2, 0.25) is 0 Å². The average Bonchev–Trinajstić information content (AvgIpc) is 2.37. The Bertz CT molecular complexity index is 470. The second-order valence-corrected chi connectivity index (χ2v) is 3.91. The number of nitrogens with zero attached hydrogens (tertiary/aromatic N) is 1. The molecule has 1 rings (SSSR count). The van der Waals surface area contributed by atoms with Gasteiger partial charge in [-0.25, -0.2) is 0 Å². The van der Waals surface area contributed by atoms with Crippen molar-refractivity contribution in [1.29, 1.82) is 0 Å². The molecule has 1 amide bonds. The van der Waals surface area contributed by atoms with Gasteiger partial charge in [0.25, 0.3) is 11.6 Å². The maximum absolute atomic E-state index is 11.6. The molecular weight excluding hydrogens is 252 g/mol. The minimum absolute atomic E-state index is 0.0713. The van der Waals surface area contributed by atoms with Crippen molar-refractivity contribution in [2.75, 3.05) is 6.54 Å². The van der Waals surface area contributed by atoms with E-state index < -0.39 is 10.9 Å². The van der Waals surface area contributed by atoms with Gasteiger partial charge in [0.15, 0.2) is 0 Å². The first-order valence-corrected chi connectivity index (χ1v) is 5.75. The molecule has 0 bridgehead atoms. The van der Waals surface area contributed by atoms with Crippen LogP contribution < -0.4 is 5.32 Å². The largest absolute Gasteiger partial charge is 0.481 e. The fourth-order valence-electron chi connectivity index (χ4n) is 1.44. The number of nitrogens with one attached hydrogen (secondary N) is 1. The lowest BCUT2D eigenvalue weighted by atomic mass is 10.2. The van der Waals surface area contributed by atoms with E-state index in [-0.39, 0.29) is 18.0 Å². The van der Waals surface area contributed by atoms with Crippen LogP contribution in [0.3, 0.4) is 0 Å².